The van der Waals surface area contributed by atoms with Gasteiger partial charge in [0.1, 0.15) is 11.3 Å². The molecule has 1 N–H and O–H groups in total. The van der Waals surface area contributed by atoms with Crippen molar-refractivity contribution in [1.29, 1.82) is 0 Å². The lowest BCUT2D eigenvalue weighted by molar-refractivity contribution is 0.578. The molecule has 5 heteroatoms. The van der Waals surface area contributed by atoms with Crippen LogP contribution in [0.25, 0.3) is 11.2 Å². The van der Waals surface area contributed by atoms with Crippen LogP contribution >= 0.6 is 0 Å². The SMILES string of the molecule is c1cc(Nc2ccc3nccnc3n2)cc(N2CCCCC2)c1. The minimum absolute atomic E-state index is 0.657. The molecule has 1 aliphatic heterocycles. The summed E-state index contributed by atoms with van der Waals surface area (Å²) in [6.45, 7) is 2.29. The Bertz CT molecular complexity index is 811. The van der Waals surface area contributed by atoms with Crippen LogP contribution in [0.1, 0.15) is 19.3 Å². The Kier molecular flexibility index (Phi) is 3.76. The van der Waals surface area contributed by atoms with Crippen molar-refractivity contribution in [2.24, 2.45) is 0 Å². The lowest BCUT2D eigenvalue weighted by Crippen LogP contribution is -2.29. The molecule has 0 unspecified atom stereocenters. The molecule has 3 aromatic rings. The molecule has 0 atom stereocenters. The van der Waals surface area contributed by atoms with Gasteiger partial charge in [0.25, 0.3) is 0 Å². The van der Waals surface area contributed by atoms with Crippen molar-refractivity contribution >= 4 is 28.4 Å². The monoisotopic (exact) mass is 305 g/mol. The summed E-state index contributed by atoms with van der Waals surface area (Å²) >= 11 is 0. The Labute approximate surface area is 135 Å². The van der Waals surface area contributed by atoms with Crippen LogP contribution in [0.2, 0.25) is 0 Å². The van der Waals surface area contributed by atoms with Crippen molar-refractivity contribution < 1.29 is 0 Å². The Hall–Kier alpha value is -2.69. The van der Waals surface area contributed by atoms with E-state index in [1.54, 1.807) is 12.4 Å². The average Bonchev–Trinajstić information content (AvgIpc) is 2.63. The van der Waals surface area contributed by atoms with E-state index in [1.807, 2.05) is 12.1 Å². The predicted octanol–water partition coefficient (Wildman–Crippen LogP) is 3.76. The molecule has 1 aliphatic rings. The molecule has 0 spiro atoms. The first-order valence-corrected chi connectivity index (χ1v) is 8.08. The molecule has 0 radical (unpaired) electrons. The maximum atomic E-state index is 4.51. The van der Waals surface area contributed by atoms with Crippen molar-refractivity contribution in [3.05, 3.63) is 48.8 Å². The average molecular weight is 305 g/mol. The summed E-state index contributed by atoms with van der Waals surface area (Å²) in [6, 6.07) is 12.4. The maximum Gasteiger partial charge on any atom is 0.180 e. The van der Waals surface area contributed by atoms with Gasteiger partial charge in [-0.05, 0) is 49.6 Å². The van der Waals surface area contributed by atoms with Gasteiger partial charge < -0.3 is 10.2 Å². The van der Waals surface area contributed by atoms with Gasteiger partial charge in [-0.15, -0.1) is 0 Å². The largest absolute Gasteiger partial charge is 0.371 e. The minimum Gasteiger partial charge on any atom is -0.371 e. The number of nitrogens with zero attached hydrogens (tertiary/aromatic N) is 4. The van der Waals surface area contributed by atoms with E-state index in [2.05, 4.69) is 49.4 Å². The number of hydrogen-bond donors (Lipinski definition) is 1. The van der Waals surface area contributed by atoms with E-state index in [0.29, 0.717) is 5.65 Å². The zero-order valence-corrected chi connectivity index (χ0v) is 12.9. The molecule has 0 bridgehead atoms. The number of anilines is 3. The highest BCUT2D eigenvalue weighted by molar-refractivity contribution is 5.73. The number of nitrogens with one attached hydrogen (secondary N) is 1. The van der Waals surface area contributed by atoms with Crippen LogP contribution in [0, 0.1) is 0 Å². The van der Waals surface area contributed by atoms with E-state index in [1.165, 1.54) is 24.9 Å². The van der Waals surface area contributed by atoms with Gasteiger partial charge in [0.15, 0.2) is 5.65 Å². The molecule has 0 amide bonds. The third-order valence-electron chi connectivity index (χ3n) is 4.17. The Morgan fingerprint density at radius 3 is 2.70 bits per heavy atom. The van der Waals surface area contributed by atoms with E-state index in [9.17, 15) is 0 Å². The van der Waals surface area contributed by atoms with Crippen LogP contribution in [-0.2, 0) is 0 Å². The van der Waals surface area contributed by atoms with Gasteiger partial charge in [0.05, 0.1) is 0 Å². The fraction of sp³-hybridized carbons (Fsp3) is 0.278. The van der Waals surface area contributed by atoms with Gasteiger partial charge in [-0.2, -0.15) is 0 Å². The number of hydrogen-bond acceptors (Lipinski definition) is 5. The second-order valence-electron chi connectivity index (χ2n) is 5.82. The highest BCUT2D eigenvalue weighted by Crippen LogP contribution is 2.25. The summed E-state index contributed by atoms with van der Waals surface area (Å²) in [5.74, 6) is 0.786. The van der Waals surface area contributed by atoms with Gasteiger partial charge >= 0.3 is 0 Å². The number of piperidine rings is 1. The lowest BCUT2D eigenvalue weighted by Gasteiger charge is -2.29. The molecule has 0 aliphatic carbocycles. The fourth-order valence-corrected chi connectivity index (χ4v) is 3.00. The smallest absolute Gasteiger partial charge is 0.180 e. The van der Waals surface area contributed by atoms with Crippen molar-refractivity contribution in [2.45, 2.75) is 19.3 Å². The van der Waals surface area contributed by atoms with Crippen molar-refractivity contribution in [3.63, 3.8) is 0 Å². The number of rotatable bonds is 3. The summed E-state index contributed by atoms with van der Waals surface area (Å²) in [6.07, 6.45) is 7.25. The van der Waals surface area contributed by atoms with Crippen LogP contribution in [-0.4, -0.2) is 28.0 Å². The standard InChI is InChI=1S/C18H19N5/c1-2-11-23(12-3-1)15-6-4-5-14(13-15)21-17-8-7-16-18(22-17)20-10-9-19-16/h4-10,13H,1-3,11-12H2,(H,20,21,22). The molecule has 5 nitrogen and oxygen atoms in total. The summed E-state index contributed by atoms with van der Waals surface area (Å²) in [5, 5.41) is 3.37. The Morgan fingerprint density at radius 1 is 0.913 bits per heavy atom. The molecule has 1 fully saturated rings. The zero-order chi connectivity index (χ0) is 15.5. The number of fused-ring (bicyclic) bond motifs is 1. The second kappa shape index (κ2) is 6.20. The number of benzene rings is 1. The quantitative estimate of drug-likeness (QED) is 0.798. The summed E-state index contributed by atoms with van der Waals surface area (Å²) in [7, 11) is 0. The van der Waals surface area contributed by atoms with Gasteiger partial charge in [-0.25, -0.2) is 9.97 Å². The van der Waals surface area contributed by atoms with Crippen molar-refractivity contribution in [2.75, 3.05) is 23.3 Å². The third kappa shape index (κ3) is 3.08. The predicted molar refractivity (Wildman–Crippen MR) is 93.1 cm³/mol. The Balaban J connectivity index is 1.57. The van der Waals surface area contributed by atoms with Gasteiger partial charge in [-0.1, -0.05) is 6.07 Å². The third-order valence-corrected chi connectivity index (χ3v) is 4.17. The van der Waals surface area contributed by atoms with Crippen LogP contribution in [0.15, 0.2) is 48.8 Å². The maximum absolute atomic E-state index is 4.51. The molecule has 23 heavy (non-hydrogen) atoms. The van der Waals surface area contributed by atoms with E-state index in [0.717, 1.165) is 30.1 Å². The van der Waals surface area contributed by atoms with Crippen molar-refractivity contribution in [1.82, 2.24) is 15.0 Å². The molecule has 116 valence electrons. The van der Waals surface area contributed by atoms with Crippen LogP contribution in [0.5, 0.6) is 0 Å². The highest BCUT2D eigenvalue weighted by atomic mass is 15.1. The molecular weight excluding hydrogens is 286 g/mol. The summed E-state index contributed by atoms with van der Waals surface area (Å²) in [4.78, 5) is 15.5. The highest BCUT2D eigenvalue weighted by Gasteiger charge is 2.11. The molecule has 3 heterocycles. The molecule has 1 aromatic carbocycles. The van der Waals surface area contributed by atoms with E-state index < -0.39 is 0 Å². The van der Waals surface area contributed by atoms with Crippen LogP contribution < -0.4 is 10.2 Å². The Morgan fingerprint density at radius 2 is 1.78 bits per heavy atom. The van der Waals surface area contributed by atoms with E-state index in [4.69, 9.17) is 0 Å². The topological polar surface area (TPSA) is 53.9 Å². The van der Waals surface area contributed by atoms with Crippen molar-refractivity contribution in [3.8, 4) is 0 Å². The first-order valence-electron chi connectivity index (χ1n) is 8.08. The first-order chi connectivity index (χ1) is 11.4. The first kappa shape index (κ1) is 13.9. The van der Waals surface area contributed by atoms with E-state index in [-0.39, 0.29) is 0 Å². The number of pyridine rings is 1. The lowest BCUT2D eigenvalue weighted by atomic mass is 10.1. The van der Waals surface area contributed by atoms with Crippen LogP contribution in [0.4, 0.5) is 17.2 Å². The molecule has 0 saturated carbocycles. The summed E-state index contributed by atoms with van der Waals surface area (Å²) in [5.41, 5.74) is 3.78. The molecular formula is C18H19N5. The molecule has 1 saturated heterocycles. The minimum atomic E-state index is 0.657. The van der Waals surface area contributed by atoms with Gasteiger partial charge in [0.2, 0.25) is 0 Å². The van der Waals surface area contributed by atoms with Crippen LogP contribution in [0.3, 0.4) is 0 Å². The van der Waals surface area contributed by atoms with E-state index >= 15 is 0 Å². The molecule has 4 rings (SSSR count). The van der Waals surface area contributed by atoms with Gasteiger partial charge in [-0.3, -0.25) is 4.98 Å². The fourth-order valence-electron chi connectivity index (χ4n) is 3.00. The second-order valence-corrected chi connectivity index (χ2v) is 5.82. The normalized spacial score (nSPS) is 14.9. The number of aromatic nitrogens is 3. The summed E-state index contributed by atoms with van der Waals surface area (Å²) < 4.78 is 0. The molecule has 2 aromatic heterocycles. The zero-order valence-electron chi connectivity index (χ0n) is 12.9. The van der Waals surface area contributed by atoms with Gasteiger partial charge in [0, 0.05) is 36.9 Å².